The number of aromatic nitrogens is 1. The highest BCUT2D eigenvalue weighted by molar-refractivity contribution is 5.25. The Hall–Kier alpha value is -1.67. The minimum absolute atomic E-state index is 0.372. The van der Waals surface area contributed by atoms with Crippen molar-refractivity contribution < 1.29 is 0 Å². The molecule has 2 heteroatoms. The fraction of sp³-hybridized carbons (Fsp3) is 0.421. The second-order valence-corrected chi connectivity index (χ2v) is 6.01. The summed E-state index contributed by atoms with van der Waals surface area (Å²) in [6, 6.07) is 13.6. The van der Waals surface area contributed by atoms with Crippen LogP contribution in [0.4, 0.5) is 0 Å². The van der Waals surface area contributed by atoms with Gasteiger partial charge in [0.15, 0.2) is 0 Å². The van der Waals surface area contributed by atoms with E-state index in [1.54, 1.807) is 0 Å². The van der Waals surface area contributed by atoms with E-state index in [2.05, 4.69) is 67.5 Å². The second-order valence-electron chi connectivity index (χ2n) is 6.01. The summed E-state index contributed by atoms with van der Waals surface area (Å²) >= 11 is 0. The Morgan fingerprint density at radius 1 is 1.00 bits per heavy atom. The monoisotopic (exact) mass is 282 g/mol. The zero-order valence-electron chi connectivity index (χ0n) is 13.6. The van der Waals surface area contributed by atoms with E-state index in [4.69, 9.17) is 0 Å². The zero-order chi connectivity index (χ0) is 15.2. The van der Waals surface area contributed by atoms with Gasteiger partial charge >= 0.3 is 0 Å². The SMILES string of the molecule is CCc1ccc(C(NCc2ccc(C)nc2)C(C)C)cc1. The molecule has 1 aromatic carbocycles. The van der Waals surface area contributed by atoms with Crippen LogP contribution < -0.4 is 5.32 Å². The molecule has 0 fully saturated rings. The molecule has 0 saturated carbocycles. The molecule has 1 heterocycles. The number of hydrogen-bond donors (Lipinski definition) is 1. The molecule has 1 aromatic heterocycles. The Labute approximate surface area is 128 Å². The molecule has 112 valence electrons. The van der Waals surface area contributed by atoms with Gasteiger partial charge in [0.1, 0.15) is 0 Å². The van der Waals surface area contributed by atoms with Crippen LogP contribution in [0.3, 0.4) is 0 Å². The lowest BCUT2D eigenvalue weighted by Crippen LogP contribution is -2.25. The molecular formula is C19H26N2. The van der Waals surface area contributed by atoms with Crippen LogP contribution in [0, 0.1) is 12.8 Å². The average Bonchev–Trinajstić information content (AvgIpc) is 2.49. The summed E-state index contributed by atoms with van der Waals surface area (Å²) in [5, 5.41) is 3.67. The summed E-state index contributed by atoms with van der Waals surface area (Å²) in [5.74, 6) is 0.552. The lowest BCUT2D eigenvalue weighted by Gasteiger charge is -2.23. The largest absolute Gasteiger partial charge is 0.306 e. The van der Waals surface area contributed by atoms with Crippen LogP contribution >= 0.6 is 0 Å². The van der Waals surface area contributed by atoms with Crippen LogP contribution in [0.2, 0.25) is 0 Å². The van der Waals surface area contributed by atoms with Crippen molar-refractivity contribution in [1.82, 2.24) is 10.3 Å². The molecule has 2 nitrogen and oxygen atoms in total. The third-order valence-electron chi connectivity index (χ3n) is 3.91. The fourth-order valence-electron chi connectivity index (χ4n) is 2.53. The highest BCUT2D eigenvalue weighted by atomic mass is 14.9. The molecule has 0 amide bonds. The predicted molar refractivity (Wildman–Crippen MR) is 89.2 cm³/mol. The normalized spacial score (nSPS) is 12.6. The van der Waals surface area contributed by atoms with E-state index < -0.39 is 0 Å². The van der Waals surface area contributed by atoms with Crippen LogP contribution in [-0.4, -0.2) is 4.98 Å². The van der Waals surface area contributed by atoms with E-state index in [0.29, 0.717) is 12.0 Å². The van der Waals surface area contributed by atoms with Gasteiger partial charge in [-0.2, -0.15) is 0 Å². The van der Waals surface area contributed by atoms with Crippen LogP contribution in [0.5, 0.6) is 0 Å². The third-order valence-corrected chi connectivity index (χ3v) is 3.91. The van der Waals surface area contributed by atoms with Gasteiger partial charge in [-0.05, 0) is 42.0 Å². The lowest BCUT2D eigenvalue weighted by molar-refractivity contribution is 0.410. The molecule has 21 heavy (non-hydrogen) atoms. The predicted octanol–water partition coefficient (Wildman–Crippen LogP) is 4.44. The minimum Gasteiger partial charge on any atom is -0.306 e. The molecule has 0 aliphatic heterocycles. The number of aryl methyl sites for hydroxylation is 2. The fourth-order valence-corrected chi connectivity index (χ4v) is 2.53. The highest BCUT2D eigenvalue weighted by Gasteiger charge is 2.15. The van der Waals surface area contributed by atoms with E-state index in [1.807, 2.05) is 13.1 Å². The first-order valence-corrected chi connectivity index (χ1v) is 7.84. The number of benzene rings is 1. The Balaban J connectivity index is 2.06. The molecule has 1 N–H and O–H groups in total. The molecule has 0 spiro atoms. The Bertz CT molecular complexity index is 541. The van der Waals surface area contributed by atoms with E-state index >= 15 is 0 Å². The first-order chi connectivity index (χ1) is 10.1. The van der Waals surface area contributed by atoms with Crippen molar-refractivity contribution in [3.8, 4) is 0 Å². The van der Waals surface area contributed by atoms with Crippen molar-refractivity contribution >= 4 is 0 Å². The van der Waals surface area contributed by atoms with Crippen molar-refractivity contribution in [1.29, 1.82) is 0 Å². The molecule has 0 aliphatic carbocycles. The summed E-state index contributed by atoms with van der Waals surface area (Å²) in [4.78, 5) is 4.36. The summed E-state index contributed by atoms with van der Waals surface area (Å²) in [6.07, 6.45) is 3.05. The first-order valence-electron chi connectivity index (χ1n) is 7.84. The summed E-state index contributed by atoms with van der Waals surface area (Å²) in [6.45, 7) is 9.59. The molecule has 2 rings (SSSR count). The third kappa shape index (κ3) is 4.40. The van der Waals surface area contributed by atoms with E-state index in [1.165, 1.54) is 16.7 Å². The van der Waals surface area contributed by atoms with Crippen molar-refractivity contribution in [2.24, 2.45) is 5.92 Å². The van der Waals surface area contributed by atoms with Crippen molar-refractivity contribution in [2.75, 3.05) is 0 Å². The van der Waals surface area contributed by atoms with Gasteiger partial charge in [-0.25, -0.2) is 0 Å². The summed E-state index contributed by atoms with van der Waals surface area (Å²) < 4.78 is 0. The summed E-state index contributed by atoms with van der Waals surface area (Å²) in [7, 11) is 0. The minimum atomic E-state index is 0.372. The van der Waals surface area contributed by atoms with Crippen LogP contribution in [0.1, 0.15) is 49.2 Å². The van der Waals surface area contributed by atoms with Gasteiger partial charge < -0.3 is 5.32 Å². The van der Waals surface area contributed by atoms with Crippen LogP contribution in [-0.2, 0) is 13.0 Å². The van der Waals surface area contributed by atoms with Gasteiger partial charge in [-0.15, -0.1) is 0 Å². The molecule has 1 unspecified atom stereocenters. The standard InChI is InChI=1S/C19H26N2/c1-5-16-8-10-18(11-9-16)19(14(2)3)21-13-17-7-6-15(4)20-12-17/h6-12,14,19,21H,5,13H2,1-4H3. The maximum absolute atomic E-state index is 4.36. The van der Waals surface area contributed by atoms with E-state index in [-0.39, 0.29) is 0 Å². The Morgan fingerprint density at radius 2 is 1.67 bits per heavy atom. The van der Waals surface area contributed by atoms with Crippen LogP contribution in [0.15, 0.2) is 42.6 Å². The molecule has 1 atom stereocenters. The van der Waals surface area contributed by atoms with Crippen LogP contribution in [0.25, 0.3) is 0 Å². The quantitative estimate of drug-likeness (QED) is 0.847. The number of pyridine rings is 1. The second kappa shape index (κ2) is 7.37. The Kier molecular flexibility index (Phi) is 5.51. The lowest BCUT2D eigenvalue weighted by atomic mass is 9.94. The maximum Gasteiger partial charge on any atom is 0.0372 e. The van der Waals surface area contributed by atoms with E-state index in [0.717, 1.165) is 18.7 Å². The van der Waals surface area contributed by atoms with Gasteiger partial charge in [0.25, 0.3) is 0 Å². The number of nitrogens with zero attached hydrogens (tertiary/aromatic N) is 1. The van der Waals surface area contributed by atoms with Gasteiger partial charge in [-0.3, -0.25) is 4.98 Å². The molecule has 2 aromatic rings. The average molecular weight is 282 g/mol. The number of nitrogens with one attached hydrogen (secondary N) is 1. The smallest absolute Gasteiger partial charge is 0.0372 e. The van der Waals surface area contributed by atoms with Gasteiger partial charge in [0, 0.05) is 24.5 Å². The van der Waals surface area contributed by atoms with E-state index in [9.17, 15) is 0 Å². The molecule has 0 bridgehead atoms. The summed E-state index contributed by atoms with van der Waals surface area (Å²) in [5.41, 5.74) is 5.05. The molecule has 0 aliphatic rings. The topological polar surface area (TPSA) is 24.9 Å². The van der Waals surface area contributed by atoms with Gasteiger partial charge in [-0.1, -0.05) is 51.1 Å². The van der Waals surface area contributed by atoms with Gasteiger partial charge in [0.2, 0.25) is 0 Å². The Morgan fingerprint density at radius 3 is 2.19 bits per heavy atom. The first kappa shape index (κ1) is 15.7. The zero-order valence-corrected chi connectivity index (χ0v) is 13.6. The van der Waals surface area contributed by atoms with Gasteiger partial charge in [0.05, 0.1) is 0 Å². The van der Waals surface area contributed by atoms with Crippen molar-refractivity contribution in [2.45, 2.75) is 46.7 Å². The molecule has 0 saturated heterocycles. The maximum atomic E-state index is 4.36. The van der Waals surface area contributed by atoms with Crippen molar-refractivity contribution in [3.05, 3.63) is 65.0 Å². The molecule has 0 radical (unpaired) electrons. The van der Waals surface area contributed by atoms with Crippen molar-refractivity contribution in [3.63, 3.8) is 0 Å². The number of hydrogen-bond acceptors (Lipinski definition) is 2. The number of rotatable bonds is 6. The highest BCUT2D eigenvalue weighted by Crippen LogP contribution is 2.22. The molecular weight excluding hydrogens is 256 g/mol.